The number of hydrogen-bond acceptors (Lipinski definition) is 13. The van der Waals surface area contributed by atoms with Crippen LogP contribution in [-0.4, -0.2) is 97.1 Å². The fourth-order valence-electron chi connectivity index (χ4n) is 10.8. The molecule has 13 nitrogen and oxygen atoms in total. The first-order chi connectivity index (χ1) is 24.7. The van der Waals surface area contributed by atoms with Gasteiger partial charge < -0.3 is 37.6 Å². The number of esters is 2. The van der Waals surface area contributed by atoms with Crippen molar-refractivity contribution in [2.45, 2.75) is 158 Å². The minimum atomic E-state index is -2.66. The number of rotatable bonds is 9. The number of halogens is 3. The van der Waals surface area contributed by atoms with E-state index in [0.29, 0.717) is 11.1 Å². The van der Waals surface area contributed by atoms with E-state index in [1.54, 1.807) is 0 Å². The highest BCUT2D eigenvalue weighted by Gasteiger charge is 2.81. The molecule has 2 saturated heterocycles. The SMILES string of the molecule is CC(=O)O[C@H]1C(=O)[C@]2(C)[C@@H](OC(=O)OCC(Cl)(Cl)Cl)C[C@H]3OC[C@@]3(OC(C)=O)[C@H]2[C@@H]2OC(=O)O[C@]23C[C@H](O[Si](C(C)C)(C(C)C)C(C)C)C(C)=C1C3(C)C. The second-order valence-corrected chi connectivity index (χ2v) is 25.0. The summed E-state index contributed by atoms with van der Waals surface area (Å²) in [6.07, 6.45) is -8.23. The molecule has 2 bridgehead atoms. The molecule has 0 aromatic heterocycles. The largest absolute Gasteiger partial charge is 0.509 e. The topological polar surface area (TPSA) is 159 Å². The van der Waals surface area contributed by atoms with Crippen molar-refractivity contribution >= 4 is 73.2 Å². The monoisotopic (exact) mass is 838 g/mol. The molecule has 304 valence electrons. The highest BCUT2D eigenvalue weighted by atomic mass is 35.6. The first-order valence-corrected chi connectivity index (χ1v) is 21.7. The number of Topliss-reactive ketones (excluding diaryl/α,β-unsaturated/α-hetero) is 1. The summed E-state index contributed by atoms with van der Waals surface area (Å²) < 4.78 is 47.3. The molecule has 17 heteroatoms. The molecule has 5 rings (SSSR count). The quantitative estimate of drug-likeness (QED) is 0.0732. The molecule has 2 aliphatic heterocycles. The molecule has 0 N–H and O–H groups in total. The van der Waals surface area contributed by atoms with Crippen molar-refractivity contribution in [2.75, 3.05) is 13.2 Å². The summed E-state index contributed by atoms with van der Waals surface area (Å²) in [5, 5.41) is 0. The van der Waals surface area contributed by atoms with E-state index in [1.165, 1.54) is 20.8 Å². The van der Waals surface area contributed by atoms with Gasteiger partial charge in [-0.05, 0) is 41.6 Å². The molecule has 3 aliphatic carbocycles. The smallest absolute Gasteiger partial charge is 0.453 e. The van der Waals surface area contributed by atoms with Crippen LogP contribution >= 0.6 is 34.8 Å². The average molecular weight is 840 g/mol. The van der Waals surface area contributed by atoms with Crippen LogP contribution in [0.4, 0.5) is 9.59 Å². The molecule has 0 aromatic rings. The molecule has 5 aliphatic rings. The van der Waals surface area contributed by atoms with Gasteiger partial charge in [-0.15, -0.1) is 0 Å². The zero-order chi connectivity index (χ0) is 40.7. The second kappa shape index (κ2) is 14.4. The Hall–Kier alpha value is -2.10. The lowest BCUT2D eigenvalue weighted by Gasteiger charge is -2.66. The summed E-state index contributed by atoms with van der Waals surface area (Å²) in [4.78, 5) is 68.8. The molecule has 54 heavy (non-hydrogen) atoms. The Kier molecular flexibility index (Phi) is 11.5. The number of ether oxygens (including phenoxy) is 7. The number of fused-ring (bicyclic) bond motifs is 5. The van der Waals surface area contributed by atoms with Crippen molar-refractivity contribution in [3.63, 3.8) is 0 Å². The van der Waals surface area contributed by atoms with E-state index in [2.05, 4.69) is 41.5 Å². The van der Waals surface area contributed by atoms with Crippen LogP contribution in [0.25, 0.3) is 0 Å². The summed E-state index contributed by atoms with van der Waals surface area (Å²) >= 11 is 17.5. The maximum Gasteiger partial charge on any atom is 0.509 e. The fraction of sp³-hybridized carbons (Fsp3) is 0.811. The van der Waals surface area contributed by atoms with Crippen molar-refractivity contribution in [1.29, 1.82) is 0 Å². The van der Waals surface area contributed by atoms with Crippen LogP contribution in [0, 0.1) is 16.7 Å². The Labute approximate surface area is 332 Å². The van der Waals surface area contributed by atoms with Gasteiger partial charge in [0.15, 0.2) is 29.2 Å². The minimum absolute atomic E-state index is 0.0959. The number of carbonyl (C=O) groups is 5. The van der Waals surface area contributed by atoms with Gasteiger partial charge in [-0.25, -0.2) is 9.59 Å². The van der Waals surface area contributed by atoms with E-state index in [0.717, 1.165) is 0 Å². The molecule has 0 unspecified atom stereocenters. The summed E-state index contributed by atoms with van der Waals surface area (Å²) in [5.41, 5.74) is -4.78. The second-order valence-electron chi connectivity index (χ2n) is 17.1. The summed E-state index contributed by atoms with van der Waals surface area (Å²) in [6, 6.07) is 0. The Morgan fingerprint density at radius 2 is 1.54 bits per heavy atom. The predicted octanol–water partition coefficient (Wildman–Crippen LogP) is 7.70. The normalized spacial score (nSPS) is 35.8. The molecule has 2 heterocycles. The van der Waals surface area contributed by atoms with Crippen LogP contribution in [-0.2, 0) is 52.0 Å². The predicted molar refractivity (Wildman–Crippen MR) is 199 cm³/mol. The van der Waals surface area contributed by atoms with Crippen molar-refractivity contribution in [2.24, 2.45) is 16.7 Å². The zero-order valence-electron chi connectivity index (χ0n) is 33.0. The van der Waals surface area contributed by atoms with Gasteiger partial charge in [0, 0.05) is 32.1 Å². The third-order valence-corrected chi connectivity index (χ3v) is 19.4. The van der Waals surface area contributed by atoms with Crippen LogP contribution in [0.2, 0.25) is 16.6 Å². The number of ketones is 1. The lowest BCUT2D eigenvalue weighted by atomic mass is 9.44. The minimum Gasteiger partial charge on any atom is -0.453 e. The van der Waals surface area contributed by atoms with Gasteiger partial charge in [0.25, 0.3) is 0 Å². The van der Waals surface area contributed by atoms with E-state index in [-0.39, 0.29) is 36.1 Å². The molecule has 0 amide bonds. The Morgan fingerprint density at radius 1 is 0.944 bits per heavy atom. The molecule has 9 atom stereocenters. The lowest BCUT2D eigenvalue weighted by molar-refractivity contribution is -0.337. The first-order valence-electron chi connectivity index (χ1n) is 18.4. The Balaban J connectivity index is 1.83. The molecule has 2 saturated carbocycles. The van der Waals surface area contributed by atoms with E-state index < -0.39 is 107 Å². The van der Waals surface area contributed by atoms with E-state index in [1.807, 2.05) is 20.8 Å². The third kappa shape index (κ3) is 6.56. The van der Waals surface area contributed by atoms with Gasteiger partial charge in [0.1, 0.15) is 18.8 Å². The van der Waals surface area contributed by atoms with Crippen molar-refractivity contribution in [3.05, 3.63) is 11.1 Å². The summed E-state index contributed by atoms with van der Waals surface area (Å²) in [5.74, 6) is -3.40. The van der Waals surface area contributed by atoms with Crippen LogP contribution < -0.4 is 0 Å². The van der Waals surface area contributed by atoms with Crippen molar-refractivity contribution in [1.82, 2.24) is 0 Å². The average Bonchev–Trinajstić information content (AvgIpc) is 3.35. The van der Waals surface area contributed by atoms with Crippen molar-refractivity contribution in [3.8, 4) is 0 Å². The molecular weight excluding hydrogens is 787 g/mol. The highest BCUT2D eigenvalue weighted by Crippen LogP contribution is 2.67. The van der Waals surface area contributed by atoms with Gasteiger partial charge in [-0.2, -0.15) is 0 Å². The number of hydrogen-bond donors (Lipinski definition) is 0. The van der Waals surface area contributed by atoms with Crippen LogP contribution in [0.15, 0.2) is 11.1 Å². The van der Waals surface area contributed by atoms with E-state index in [4.69, 9.17) is 72.4 Å². The van der Waals surface area contributed by atoms with E-state index in [9.17, 15) is 19.2 Å². The standard InChI is InChI=1S/C37H53Cl3O13Si/c1-17(2)54(18(3)4,19(5)6)53-23-14-36-30(50-32(45)52-36)28-34(12,29(43)27(48-21(8)41)26(20(23)7)33(36,10)11)24(49-31(44)47-16-37(38,39)40)13-25-35(28,15-46-25)51-22(9)42/h17-19,23-25,27-28,30H,13-16H2,1-12H3/t23-,24-,25+,27+,28-,30-,34+,35-,36+/m0/s1. The molecule has 4 fully saturated rings. The van der Waals surface area contributed by atoms with Crippen molar-refractivity contribution < 1.29 is 61.6 Å². The lowest BCUT2D eigenvalue weighted by Crippen LogP contribution is -2.81. The van der Waals surface area contributed by atoms with E-state index >= 15 is 4.79 Å². The molecule has 1 spiro atoms. The van der Waals surface area contributed by atoms with Gasteiger partial charge in [-0.1, -0.05) is 90.2 Å². The number of carbonyl (C=O) groups excluding carboxylic acids is 5. The highest BCUT2D eigenvalue weighted by molar-refractivity contribution is 6.77. The van der Waals surface area contributed by atoms with Crippen LogP contribution in [0.3, 0.4) is 0 Å². The zero-order valence-corrected chi connectivity index (χ0v) is 36.2. The fourth-order valence-corrected chi connectivity index (χ4v) is 16.6. The molecular formula is C37H53Cl3O13Si. The first kappa shape index (κ1) is 43.0. The summed E-state index contributed by atoms with van der Waals surface area (Å²) in [6.45, 7) is 21.5. The maximum absolute atomic E-state index is 15.7. The Bertz CT molecular complexity index is 1580. The third-order valence-electron chi connectivity index (χ3n) is 13.0. The summed E-state index contributed by atoms with van der Waals surface area (Å²) in [7, 11) is -2.66. The molecule has 0 aromatic carbocycles. The van der Waals surface area contributed by atoms with Crippen LogP contribution in [0.1, 0.15) is 95.9 Å². The maximum atomic E-state index is 15.7. The van der Waals surface area contributed by atoms with Gasteiger partial charge >= 0.3 is 24.2 Å². The van der Waals surface area contributed by atoms with Gasteiger partial charge in [0.2, 0.25) is 12.1 Å². The number of alkyl halides is 3. The molecule has 0 radical (unpaired) electrons. The van der Waals surface area contributed by atoms with Gasteiger partial charge in [0.05, 0.1) is 24.0 Å². The van der Waals surface area contributed by atoms with Crippen LogP contribution in [0.5, 0.6) is 0 Å². The Morgan fingerprint density at radius 3 is 2.02 bits per heavy atom. The van der Waals surface area contributed by atoms with Gasteiger partial charge in [-0.3, -0.25) is 14.4 Å².